The fourth-order valence-corrected chi connectivity index (χ4v) is 5.97. The molecule has 0 saturated carbocycles. The van der Waals surface area contributed by atoms with Crippen molar-refractivity contribution in [1.29, 1.82) is 0 Å². The van der Waals surface area contributed by atoms with Crippen LogP contribution in [0.2, 0.25) is 0 Å². The van der Waals surface area contributed by atoms with E-state index < -0.39 is 10.0 Å². The van der Waals surface area contributed by atoms with E-state index in [-0.39, 0.29) is 5.92 Å². The van der Waals surface area contributed by atoms with Crippen LogP contribution in [0.25, 0.3) is 11.2 Å². The van der Waals surface area contributed by atoms with Crippen LogP contribution in [0.1, 0.15) is 35.7 Å². The molecule has 7 heteroatoms. The summed E-state index contributed by atoms with van der Waals surface area (Å²) in [6, 6.07) is 9.45. The summed E-state index contributed by atoms with van der Waals surface area (Å²) in [6.07, 6.45) is 5.69. The number of fused-ring (bicyclic) bond motifs is 2. The third kappa shape index (κ3) is 2.68. The smallest absolute Gasteiger partial charge is 0.243 e. The lowest BCUT2D eigenvalue weighted by Gasteiger charge is -2.17. The summed E-state index contributed by atoms with van der Waals surface area (Å²) in [5.74, 6) is 1.00. The summed E-state index contributed by atoms with van der Waals surface area (Å²) >= 11 is 0. The Balaban J connectivity index is 1.43. The number of hydrogen-bond acceptors (Lipinski definition) is 4. The normalized spacial score (nSPS) is 20.4. The molecule has 1 aliphatic heterocycles. The molecular formula is C20H22N4O2S. The second-order valence-electron chi connectivity index (χ2n) is 7.51. The average molecular weight is 382 g/mol. The van der Waals surface area contributed by atoms with Gasteiger partial charge in [-0.15, -0.1) is 0 Å². The number of benzene rings is 1. The minimum absolute atomic E-state index is 0.0911. The number of sulfonamides is 1. The lowest BCUT2D eigenvalue weighted by atomic mass is 10.1. The number of aromatic nitrogens is 3. The molecule has 0 bridgehead atoms. The van der Waals surface area contributed by atoms with E-state index in [2.05, 4.69) is 4.98 Å². The van der Waals surface area contributed by atoms with Crippen LogP contribution < -0.4 is 0 Å². The molecule has 0 N–H and O–H groups in total. The summed E-state index contributed by atoms with van der Waals surface area (Å²) < 4.78 is 29.9. The van der Waals surface area contributed by atoms with E-state index in [1.807, 2.05) is 35.9 Å². The summed E-state index contributed by atoms with van der Waals surface area (Å²) in [4.78, 5) is 9.53. The maximum atomic E-state index is 13.2. The van der Waals surface area contributed by atoms with Crippen molar-refractivity contribution in [3.8, 4) is 0 Å². The highest BCUT2D eigenvalue weighted by atomic mass is 32.2. The van der Waals surface area contributed by atoms with E-state index in [1.165, 1.54) is 11.1 Å². The van der Waals surface area contributed by atoms with Crippen LogP contribution in [0.4, 0.5) is 0 Å². The Morgan fingerprint density at radius 1 is 1.15 bits per heavy atom. The molecular weight excluding hydrogens is 360 g/mol. The van der Waals surface area contributed by atoms with Gasteiger partial charge in [0.15, 0.2) is 5.65 Å². The molecule has 1 fully saturated rings. The van der Waals surface area contributed by atoms with E-state index in [0.29, 0.717) is 18.0 Å². The van der Waals surface area contributed by atoms with Gasteiger partial charge in [-0.3, -0.25) is 0 Å². The van der Waals surface area contributed by atoms with Gasteiger partial charge in [-0.2, -0.15) is 4.31 Å². The minimum atomic E-state index is -3.46. The van der Waals surface area contributed by atoms with Crippen LogP contribution in [0.3, 0.4) is 0 Å². The van der Waals surface area contributed by atoms with Gasteiger partial charge in [-0.05, 0) is 61.1 Å². The zero-order chi connectivity index (χ0) is 18.6. The van der Waals surface area contributed by atoms with Gasteiger partial charge >= 0.3 is 0 Å². The Labute approximate surface area is 158 Å². The molecule has 5 rings (SSSR count). The molecule has 3 heterocycles. The van der Waals surface area contributed by atoms with E-state index in [0.717, 1.165) is 42.7 Å². The van der Waals surface area contributed by atoms with Crippen molar-refractivity contribution in [2.24, 2.45) is 7.05 Å². The first kappa shape index (κ1) is 16.9. The number of rotatable bonds is 3. The predicted octanol–water partition coefficient (Wildman–Crippen LogP) is 2.64. The first-order valence-electron chi connectivity index (χ1n) is 9.43. The monoisotopic (exact) mass is 382 g/mol. The Bertz CT molecular complexity index is 1140. The molecule has 1 atom stereocenters. The molecule has 140 valence electrons. The van der Waals surface area contributed by atoms with E-state index in [9.17, 15) is 8.42 Å². The zero-order valence-electron chi connectivity index (χ0n) is 15.3. The van der Waals surface area contributed by atoms with Gasteiger partial charge in [-0.25, -0.2) is 18.4 Å². The highest BCUT2D eigenvalue weighted by molar-refractivity contribution is 7.89. The van der Waals surface area contributed by atoms with Crippen molar-refractivity contribution >= 4 is 21.2 Å². The van der Waals surface area contributed by atoms with Crippen molar-refractivity contribution in [3.63, 3.8) is 0 Å². The topological polar surface area (TPSA) is 68.1 Å². The first-order valence-corrected chi connectivity index (χ1v) is 10.9. The Morgan fingerprint density at radius 3 is 2.85 bits per heavy atom. The number of imidazole rings is 1. The third-order valence-corrected chi connectivity index (χ3v) is 7.75. The summed E-state index contributed by atoms with van der Waals surface area (Å²) in [7, 11) is -1.51. The maximum Gasteiger partial charge on any atom is 0.243 e. The standard InChI is InChI=1S/C20H22N4O2S/c1-23-19(22-18-6-3-10-21-20(18)23)16-9-11-24(13-16)27(25,26)17-8-7-14-4-2-5-15(14)12-17/h3,6-8,10,12,16H,2,4-5,9,11,13H2,1H3/t16-/m1/s1. The van der Waals surface area contributed by atoms with Gasteiger partial charge in [0.2, 0.25) is 10.0 Å². The van der Waals surface area contributed by atoms with Crippen LogP contribution in [0, 0.1) is 0 Å². The second-order valence-corrected chi connectivity index (χ2v) is 9.45. The Morgan fingerprint density at radius 2 is 2.00 bits per heavy atom. The molecule has 1 aliphatic carbocycles. The fraction of sp³-hybridized carbons (Fsp3) is 0.400. The van der Waals surface area contributed by atoms with Crippen molar-refractivity contribution in [1.82, 2.24) is 18.8 Å². The van der Waals surface area contributed by atoms with Crippen LogP contribution in [-0.2, 0) is 29.9 Å². The Hall–Kier alpha value is -2.25. The summed E-state index contributed by atoms with van der Waals surface area (Å²) in [5, 5.41) is 0. The zero-order valence-corrected chi connectivity index (χ0v) is 16.1. The molecule has 0 spiro atoms. The highest BCUT2D eigenvalue weighted by Gasteiger charge is 2.35. The molecule has 2 aliphatic rings. The molecule has 0 radical (unpaired) electrons. The minimum Gasteiger partial charge on any atom is -0.316 e. The number of nitrogens with zero attached hydrogens (tertiary/aromatic N) is 4. The SMILES string of the molecule is Cn1c([C@@H]2CCN(S(=O)(=O)c3ccc4c(c3)CCC4)C2)nc2cccnc21. The van der Waals surface area contributed by atoms with E-state index in [1.54, 1.807) is 16.6 Å². The third-order valence-electron chi connectivity index (χ3n) is 5.89. The average Bonchev–Trinajstić information content (AvgIpc) is 3.40. The molecule has 1 aromatic carbocycles. The van der Waals surface area contributed by atoms with Gasteiger partial charge in [0.1, 0.15) is 11.3 Å². The molecule has 1 saturated heterocycles. The predicted molar refractivity (Wildman–Crippen MR) is 103 cm³/mol. The van der Waals surface area contributed by atoms with E-state index >= 15 is 0 Å². The van der Waals surface area contributed by atoms with E-state index in [4.69, 9.17) is 4.98 Å². The quantitative estimate of drug-likeness (QED) is 0.698. The van der Waals surface area contributed by atoms with Crippen LogP contribution in [-0.4, -0.2) is 40.3 Å². The second kappa shape index (κ2) is 6.14. The van der Waals surface area contributed by atoms with Gasteiger partial charge in [-0.1, -0.05) is 6.07 Å². The largest absolute Gasteiger partial charge is 0.316 e. The van der Waals surface area contributed by atoms with Gasteiger partial charge in [0.05, 0.1) is 4.90 Å². The number of pyridine rings is 1. The van der Waals surface area contributed by atoms with Crippen molar-refractivity contribution in [2.45, 2.75) is 36.5 Å². The lowest BCUT2D eigenvalue weighted by Crippen LogP contribution is -2.29. The first-order chi connectivity index (χ1) is 13.0. The van der Waals surface area contributed by atoms with Crippen LogP contribution in [0.5, 0.6) is 0 Å². The number of aryl methyl sites for hydroxylation is 3. The van der Waals surface area contributed by atoms with Gasteiger partial charge < -0.3 is 4.57 Å². The molecule has 0 unspecified atom stereocenters. The van der Waals surface area contributed by atoms with Crippen LogP contribution >= 0.6 is 0 Å². The lowest BCUT2D eigenvalue weighted by molar-refractivity contribution is 0.470. The van der Waals surface area contributed by atoms with Crippen molar-refractivity contribution in [3.05, 3.63) is 53.5 Å². The molecule has 3 aromatic rings. The van der Waals surface area contributed by atoms with Crippen molar-refractivity contribution in [2.75, 3.05) is 13.1 Å². The van der Waals surface area contributed by atoms with Gasteiger partial charge in [0.25, 0.3) is 0 Å². The molecule has 0 amide bonds. The molecule has 27 heavy (non-hydrogen) atoms. The summed E-state index contributed by atoms with van der Waals surface area (Å²) in [6.45, 7) is 0.997. The maximum absolute atomic E-state index is 13.2. The highest BCUT2D eigenvalue weighted by Crippen LogP contribution is 2.33. The van der Waals surface area contributed by atoms with Crippen molar-refractivity contribution < 1.29 is 8.42 Å². The molecule has 6 nitrogen and oxygen atoms in total. The Kier molecular flexibility index (Phi) is 3.84. The summed E-state index contributed by atoms with van der Waals surface area (Å²) in [5.41, 5.74) is 4.18. The van der Waals surface area contributed by atoms with Crippen LogP contribution in [0.15, 0.2) is 41.4 Å². The number of hydrogen-bond donors (Lipinski definition) is 0. The van der Waals surface area contributed by atoms with Gasteiger partial charge in [0, 0.05) is 32.3 Å². The fourth-order valence-electron chi connectivity index (χ4n) is 4.42. The molecule has 2 aromatic heterocycles.